The third kappa shape index (κ3) is 3.26. The van der Waals surface area contributed by atoms with Crippen molar-refractivity contribution in [2.24, 2.45) is 0 Å². The van der Waals surface area contributed by atoms with Gasteiger partial charge in [0.1, 0.15) is 11.3 Å². The molecule has 0 aromatic heterocycles. The molecule has 0 saturated heterocycles. The van der Waals surface area contributed by atoms with Gasteiger partial charge in [-0.15, -0.1) is 0 Å². The molecule has 0 fully saturated rings. The minimum Gasteiger partial charge on any atom is -0.542 e. The van der Waals surface area contributed by atoms with Gasteiger partial charge in [-0.1, -0.05) is 26.8 Å². The Morgan fingerprint density at radius 2 is 1.89 bits per heavy atom. The van der Waals surface area contributed by atoms with Crippen LogP contribution in [0.15, 0.2) is 18.2 Å². The Kier molecular flexibility index (Phi) is 4.48. The molecule has 0 aliphatic carbocycles. The molecule has 100 valence electrons. The van der Waals surface area contributed by atoms with E-state index in [0.29, 0.717) is 5.75 Å². The fourth-order valence-corrected chi connectivity index (χ4v) is 3.04. The molecule has 3 nitrogen and oxygen atoms in total. The molecule has 18 heavy (non-hydrogen) atoms. The Labute approximate surface area is 123 Å². The number of hydrogen-bond acceptors (Lipinski definition) is 2. The Balaban J connectivity index is 3.23. The van der Waals surface area contributed by atoms with Crippen molar-refractivity contribution in [3.63, 3.8) is 0 Å². The summed E-state index contributed by atoms with van der Waals surface area (Å²) in [6.07, 6.45) is 0. The molecule has 1 aromatic rings. The fraction of sp³-hybridized carbons (Fsp3) is 0.462. The van der Waals surface area contributed by atoms with Crippen LogP contribution in [0.3, 0.4) is 0 Å². The third-order valence-electron chi connectivity index (χ3n) is 3.36. The van der Waals surface area contributed by atoms with Crippen molar-refractivity contribution in [3.8, 4) is 5.75 Å². The normalized spacial score (nSPS) is 12.3. The average Bonchev–Trinajstić information content (AvgIpc) is 2.18. The highest BCUT2D eigenvalue weighted by molar-refractivity contribution is 14.1. The summed E-state index contributed by atoms with van der Waals surface area (Å²) in [6.45, 7) is 10.6. The number of carboxylic acids is 1. The van der Waals surface area contributed by atoms with Crippen molar-refractivity contribution in [2.45, 2.75) is 38.9 Å². The molecule has 1 aromatic carbocycles. The highest BCUT2D eigenvalue weighted by Gasteiger charge is 2.40. The number of aromatic carboxylic acids is 1. The van der Waals surface area contributed by atoms with Gasteiger partial charge in [0.2, 0.25) is 0 Å². The topological polar surface area (TPSA) is 46.5 Å². The van der Waals surface area contributed by atoms with Crippen molar-refractivity contribution in [1.82, 2.24) is 0 Å². The molecule has 0 saturated carbocycles. The van der Waals surface area contributed by atoms with E-state index in [9.17, 15) is 9.90 Å². The first kappa shape index (κ1) is 15.5. The van der Waals surface area contributed by atoms with Gasteiger partial charge in [0.25, 0.3) is 8.32 Å². The van der Waals surface area contributed by atoms with Crippen LogP contribution in [0.25, 0.3) is 0 Å². The quantitative estimate of drug-likeness (QED) is 0.628. The number of carboxylic acid groups (broad SMARTS) is 1. The third-order valence-corrected chi connectivity index (χ3v) is 8.54. The smallest absolute Gasteiger partial charge is 0.339 e. The van der Waals surface area contributed by atoms with Crippen molar-refractivity contribution < 1.29 is 14.3 Å². The van der Waals surface area contributed by atoms with Crippen LogP contribution >= 0.6 is 22.6 Å². The van der Waals surface area contributed by atoms with Crippen LogP contribution in [-0.4, -0.2) is 19.4 Å². The number of rotatable bonds is 3. The molecule has 0 aliphatic rings. The van der Waals surface area contributed by atoms with Gasteiger partial charge in [-0.2, -0.15) is 0 Å². The second kappa shape index (κ2) is 5.20. The van der Waals surface area contributed by atoms with Gasteiger partial charge < -0.3 is 9.53 Å². The van der Waals surface area contributed by atoms with E-state index in [1.54, 1.807) is 12.1 Å². The van der Waals surface area contributed by atoms with E-state index < -0.39 is 14.3 Å². The Bertz CT molecular complexity index is 464. The van der Waals surface area contributed by atoms with Gasteiger partial charge in [0.15, 0.2) is 0 Å². The first-order chi connectivity index (χ1) is 8.06. The lowest BCUT2D eigenvalue weighted by molar-refractivity contribution is 0.0694. The zero-order chi connectivity index (χ0) is 14.1. The summed E-state index contributed by atoms with van der Waals surface area (Å²) in [5.41, 5.74) is 0.242. The summed E-state index contributed by atoms with van der Waals surface area (Å²) >= 11 is 2.12. The molecule has 0 amide bonds. The molecule has 1 N–H and O–H groups in total. The van der Waals surface area contributed by atoms with Gasteiger partial charge >= 0.3 is 5.97 Å². The maximum absolute atomic E-state index is 11.2. The number of para-hydroxylation sites is 1. The van der Waals surface area contributed by atoms with Crippen LogP contribution in [0.1, 0.15) is 31.1 Å². The molecule has 0 aliphatic heterocycles. The van der Waals surface area contributed by atoms with Crippen molar-refractivity contribution in [3.05, 3.63) is 27.3 Å². The Morgan fingerprint density at radius 3 is 2.33 bits per heavy atom. The molecule has 0 unspecified atom stereocenters. The van der Waals surface area contributed by atoms with E-state index in [1.807, 2.05) is 6.07 Å². The van der Waals surface area contributed by atoms with E-state index in [2.05, 4.69) is 56.5 Å². The lowest BCUT2D eigenvalue weighted by atomic mass is 10.2. The van der Waals surface area contributed by atoms with Crippen LogP contribution in [0.4, 0.5) is 0 Å². The predicted octanol–water partition coefficient (Wildman–Crippen LogP) is 4.37. The highest BCUT2D eigenvalue weighted by atomic mass is 127. The molecule has 0 atom stereocenters. The monoisotopic (exact) mass is 378 g/mol. The number of halogens is 1. The van der Waals surface area contributed by atoms with E-state index in [-0.39, 0.29) is 10.6 Å². The van der Waals surface area contributed by atoms with E-state index in [1.165, 1.54) is 0 Å². The SMILES string of the molecule is CC(C)(C)[Si](C)(C)Oc1c(I)cccc1C(=O)O. The van der Waals surface area contributed by atoms with Crippen molar-refractivity contribution in [1.29, 1.82) is 0 Å². The maximum Gasteiger partial charge on any atom is 0.339 e. The van der Waals surface area contributed by atoms with Crippen molar-refractivity contribution >= 4 is 36.9 Å². The Morgan fingerprint density at radius 1 is 1.33 bits per heavy atom. The van der Waals surface area contributed by atoms with E-state index >= 15 is 0 Å². The first-order valence-corrected chi connectivity index (χ1v) is 9.76. The maximum atomic E-state index is 11.2. The van der Waals surface area contributed by atoms with E-state index in [4.69, 9.17) is 4.43 Å². The zero-order valence-electron chi connectivity index (χ0n) is 11.4. The number of hydrogen-bond donors (Lipinski definition) is 1. The molecular formula is C13H19IO3Si. The largest absolute Gasteiger partial charge is 0.542 e. The molecular weight excluding hydrogens is 359 g/mol. The second-order valence-corrected chi connectivity index (χ2v) is 11.7. The summed E-state index contributed by atoms with van der Waals surface area (Å²) < 4.78 is 6.98. The van der Waals surface area contributed by atoms with Gasteiger partial charge in [0, 0.05) is 0 Å². The molecule has 0 bridgehead atoms. The number of carbonyl (C=O) groups is 1. The van der Waals surface area contributed by atoms with Crippen LogP contribution < -0.4 is 4.43 Å². The second-order valence-electron chi connectivity index (χ2n) is 5.78. The van der Waals surface area contributed by atoms with Gasteiger partial charge in [-0.3, -0.25) is 0 Å². The molecule has 0 spiro atoms. The van der Waals surface area contributed by atoms with Gasteiger partial charge in [-0.05, 0) is 52.9 Å². The molecule has 0 heterocycles. The minimum atomic E-state index is -2.02. The van der Waals surface area contributed by atoms with Crippen LogP contribution in [0.2, 0.25) is 18.1 Å². The lowest BCUT2D eigenvalue weighted by Gasteiger charge is -2.37. The molecule has 1 rings (SSSR count). The highest BCUT2D eigenvalue weighted by Crippen LogP contribution is 2.39. The van der Waals surface area contributed by atoms with E-state index in [0.717, 1.165) is 3.57 Å². The zero-order valence-corrected chi connectivity index (χ0v) is 14.5. The minimum absolute atomic E-state index is 0.0433. The Hall–Kier alpha value is -0.563. The van der Waals surface area contributed by atoms with Crippen molar-refractivity contribution in [2.75, 3.05) is 0 Å². The first-order valence-electron chi connectivity index (χ1n) is 5.77. The number of benzene rings is 1. The summed E-state index contributed by atoms with van der Waals surface area (Å²) in [5.74, 6) is -0.431. The predicted molar refractivity (Wildman–Crippen MR) is 83.9 cm³/mol. The summed E-state index contributed by atoms with van der Waals surface area (Å²) in [4.78, 5) is 11.2. The summed E-state index contributed by atoms with van der Waals surface area (Å²) in [7, 11) is -2.02. The lowest BCUT2D eigenvalue weighted by Crippen LogP contribution is -2.44. The van der Waals surface area contributed by atoms with Crippen LogP contribution in [0.5, 0.6) is 5.75 Å². The fourth-order valence-electron chi connectivity index (χ4n) is 1.19. The van der Waals surface area contributed by atoms with Gasteiger partial charge in [0.05, 0.1) is 3.57 Å². The summed E-state index contributed by atoms with van der Waals surface area (Å²) in [6, 6.07) is 5.20. The molecule has 0 radical (unpaired) electrons. The standard InChI is InChI=1S/C13H19IO3Si/c1-13(2,3)18(4,5)17-11-9(12(15)16)7-6-8-10(11)14/h6-8H,1-5H3,(H,15,16). The molecule has 5 heteroatoms. The van der Waals surface area contributed by atoms with Gasteiger partial charge in [-0.25, -0.2) is 4.79 Å². The van der Waals surface area contributed by atoms with Crippen LogP contribution in [-0.2, 0) is 0 Å². The van der Waals surface area contributed by atoms with Crippen LogP contribution in [0, 0.1) is 3.57 Å². The summed E-state index contributed by atoms with van der Waals surface area (Å²) in [5, 5.41) is 9.27. The average molecular weight is 378 g/mol.